The largest absolute Gasteiger partial charge is 0.461 e. The van der Waals surface area contributed by atoms with E-state index in [1.54, 1.807) is 6.26 Å². The van der Waals surface area contributed by atoms with E-state index in [1.165, 1.54) is 0 Å². The quantitative estimate of drug-likeness (QED) is 0.924. The Bertz CT molecular complexity index is 453. The van der Waals surface area contributed by atoms with Crippen LogP contribution in [0.2, 0.25) is 0 Å². The summed E-state index contributed by atoms with van der Waals surface area (Å²) in [7, 11) is 0. The molecule has 2 heterocycles. The molecule has 0 aliphatic carbocycles. The highest BCUT2D eigenvalue weighted by Crippen LogP contribution is 2.28. The molecule has 0 saturated carbocycles. The number of aromatic nitrogens is 1. The number of hydrogen-bond donors (Lipinski definition) is 1. The van der Waals surface area contributed by atoms with Crippen LogP contribution in [-0.4, -0.2) is 11.5 Å². The molecule has 2 rings (SSSR count). The van der Waals surface area contributed by atoms with Crippen molar-refractivity contribution in [2.75, 3.05) is 11.9 Å². The number of pyridine rings is 1. The highest BCUT2D eigenvalue weighted by atomic mass is 79.9. The van der Waals surface area contributed by atoms with Crippen LogP contribution in [0.5, 0.6) is 0 Å². The van der Waals surface area contributed by atoms with E-state index in [1.807, 2.05) is 31.2 Å². The predicted molar refractivity (Wildman–Crippen MR) is 63.8 cm³/mol. The van der Waals surface area contributed by atoms with Crippen molar-refractivity contribution in [3.05, 3.63) is 35.0 Å². The van der Waals surface area contributed by atoms with Gasteiger partial charge in [-0.3, -0.25) is 0 Å². The molecule has 0 fully saturated rings. The van der Waals surface area contributed by atoms with Crippen LogP contribution >= 0.6 is 15.9 Å². The third-order valence-electron chi connectivity index (χ3n) is 1.96. The Kier molecular flexibility index (Phi) is 3.06. The van der Waals surface area contributed by atoms with Crippen molar-refractivity contribution in [3.63, 3.8) is 0 Å². The fourth-order valence-electron chi connectivity index (χ4n) is 1.32. The summed E-state index contributed by atoms with van der Waals surface area (Å²) in [6.45, 7) is 2.90. The van der Waals surface area contributed by atoms with Crippen molar-refractivity contribution in [1.82, 2.24) is 4.98 Å². The number of rotatable bonds is 3. The van der Waals surface area contributed by atoms with Crippen LogP contribution in [0.3, 0.4) is 0 Å². The number of anilines is 1. The summed E-state index contributed by atoms with van der Waals surface area (Å²) in [4.78, 5) is 4.43. The van der Waals surface area contributed by atoms with Gasteiger partial charge >= 0.3 is 0 Å². The van der Waals surface area contributed by atoms with Gasteiger partial charge in [0.15, 0.2) is 5.76 Å². The average Bonchev–Trinajstić information content (AvgIpc) is 2.65. The molecule has 0 aliphatic heterocycles. The van der Waals surface area contributed by atoms with E-state index >= 15 is 0 Å². The molecule has 3 nitrogen and oxygen atoms in total. The number of halogens is 1. The van der Waals surface area contributed by atoms with Gasteiger partial charge in [0.1, 0.15) is 11.5 Å². The van der Waals surface area contributed by atoms with E-state index in [-0.39, 0.29) is 0 Å². The lowest BCUT2D eigenvalue weighted by atomic mass is 10.3. The molecule has 15 heavy (non-hydrogen) atoms. The Morgan fingerprint density at radius 2 is 2.27 bits per heavy atom. The minimum absolute atomic E-state index is 0.759. The molecule has 0 aliphatic rings. The lowest BCUT2D eigenvalue weighted by molar-refractivity contribution is 0.579. The molecule has 0 aromatic carbocycles. The van der Waals surface area contributed by atoms with E-state index in [2.05, 4.69) is 26.2 Å². The summed E-state index contributed by atoms with van der Waals surface area (Å²) in [6, 6.07) is 7.67. The van der Waals surface area contributed by atoms with E-state index in [4.69, 9.17) is 4.42 Å². The molecular weight excluding hydrogens is 256 g/mol. The Morgan fingerprint density at radius 3 is 2.93 bits per heavy atom. The summed E-state index contributed by atoms with van der Waals surface area (Å²) in [5.74, 6) is 1.62. The molecule has 0 saturated heterocycles. The Labute approximate surface area is 96.6 Å². The van der Waals surface area contributed by atoms with Crippen LogP contribution in [-0.2, 0) is 0 Å². The standard InChI is InChI=1S/C11H11BrN2O/c1-2-13-10-5-3-4-9(14-10)11-8(12)6-7-15-11/h3-7H,2H2,1H3,(H,13,14). The minimum atomic E-state index is 0.759. The molecule has 0 unspecified atom stereocenters. The Balaban J connectivity index is 2.37. The lowest BCUT2D eigenvalue weighted by Gasteiger charge is -2.03. The molecule has 4 heteroatoms. The van der Waals surface area contributed by atoms with Crippen molar-refractivity contribution >= 4 is 21.7 Å². The second-order valence-electron chi connectivity index (χ2n) is 3.04. The summed E-state index contributed by atoms with van der Waals surface area (Å²) < 4.78 is 6.27. The molecule has 0 spiro atoms. The van der Waals surface area contributed by atoms with Crippen molar-refractivity contribution in [2.24, 2.45) is 0 Å². The van der Waals surface area contributed by atoms with Gasteiger partial charge in [-0.25, -0.2) is 4.98 Å². The number of nitrogens with zero attached hydrogens (tertiary/aromatic N) is 1. The highest BCUT2D eigenvalue weighted by molar-refractivity contribution is 9.10. The van der Waals surface area contributed by atoms with Gasteiger partial charge in [0.25, 0.3) is 0 Å². The second kappa shape index (κ2) is 4.49. The molecule has 0 bridgehead atoms. The summed E-state index contributed by atoms with van der Waals surface area (Å²) >= 11 is 3.41. The molecule has 2 aromatic heterocycles. The van der Waals surface area contributed by atoms with E-state index in [0.717, 1.165) is 28.3 Å². The van der Waals surface area contributed by atoms with Crippen LogP contribution in [0.15, 0.2) is 39.4 Å². The zero-order chi connectivity index (χ0) is 10.7. The molecule has 1 N–H and O–H groups in total. The van der Waals surface area contributed by atoms with E-state index in [9.17, 15) is 0 Å². The Hall–Kier alpha value is -1.29. The van der Waals surface area contributed by atoms with Gasteiger partial charge in [-0.1, -0.05) is 6.07 Å². The van der Waals surface area contributed by atoms with Gasteiger partial charge in [0.05, 0.1) is 10.7 Å². The maximum absolute atomic E-state index is 5.35. The van der Waals surface area contributed by atoms with Crippen molar-refractivity contribution < 1.29 is 4.42 Å². The van der Waals surface area contributed by atoms with Crippen LogP contribution in [0.25, 0.3) is 11.5 Å². The molecule has 0 radical (unpaired) electrons. The summed E-state index contributed by atoms with van der Waals surface area (Å²) in [5.41, 5.74) is 0.824. The van der Waals surface area contributed by atoms with Crippen molar-refractivity contribution in [1.29, 1.82) is 0 Å². The first-order valence-electron chi connectivity index (χ1n) is 4.75. The lowest BCUT2D eigenvalue weighted by Crippen LogP contribution is -1.99. The van der Waals surface area contributed by atoms with Gasteiger partial charge < -0.3 is 9.73 Å². The molecule has 78 valence electrons. The smallest absolute Gasteiger partial charge is 0.166 e. The molecular formula is C11H11BrN2O. The maximum Gasteiger partial charge on any atom is 0.166 e. The van der Waals surface area contributed by atoms with Crippen LogP contribution in [0.4, 0.5) is 5.82 Å². The first-order valence-corrected chi connectivity index (χ1v) is 5.55. The van der Waals surface area contributed by atoms with Gasteiger partial charge in [-0.05, 0) is 41.1 Å². The number of nitrogens with one attached hydrogen (secondary N) is 1. The van der Waals surface area contributed by atoms with Crippen molar-refractivity contribution in [3.8, 4) is 11.5 Å². The Morgan fingerprint density at radius 1 is 1.40 bits per heavy atom. The molecule has 0 atom stereocenters. The highest BCUT2D eigenvalue weighted by Gasteiger charge is 2.08. The van der Waals surface area contributed by atoms with Gasteiger partial charge in [-0.15, -0.1) is 0 Å². The van der Waals surface area contributed by atoms with Crippen molar-refractivity contribution in [2.45, 2.75) is 6.92 Å². The topological polar surface area (TPSA) is 38.1 Å². The monoisotopic (exact) mass is 266 g/mol. The number of hydrogen-bond acceptors (Lipinski definition) is 3. The average molecular weight is 267 g/mol. The van der Waals surface area contributed by atoms with Crippen LogP contribution in [0, 0.1) is 0 Å². The number of furan rings is 1. The van der Waals surface area contributed by atoms with Gasteiger partial charge in [0.2, 0.25) is 0 Å². The minimum Gasteiger partial charge on any atom is -0.461 e. The third-order valence-corrected chi connectivity index (χ3v) is 2.58. The predicted octanol–water partition coefficient (Wildman–Crippen LogP) is 3.54. The van der Waals surface area contributed by atoms with E-state index in [0.29, 0.717) is 0 Å². The van der Waals surface area contributed by atoms with Gasteiger partial charge in [-0.2, -0.15) is 0 Å². The normalized spacial score (nSPS) is 10.3. The fourth-order valence-corrected chi connectivity index (χ4v) is 1.72. The fraction of sp³-hybridized carbons (Fsp3) is 0.182. The maximum atomic E-state index is 5.35. The summed E-state index contributed by atoms with van der Waals surface area (Å²) in [6.07, 6.45) is 1.64. The van der Waals surface area contributed by atoms with Crippen LogP contribution < -0.4 is 5.32 Å². The molecule has 0 amide bonds. The zero-order valence-corrected chi connectivity index (χ0v) is 9.91. The third kappa shape index (κ3) is 2.21. The zero-order valence-electron chi connectivity index (χ0n) is 8.33. The second-order valence-corrected chi connectivity index (χ2v) is 3.89. The first-order chi connectivity index (χ1) is 7.31. The van der Waals surface area contributed by atoms with E-state index < -0.39 is 0 Å². The molecule has 2 aromatic rings. The SMILES string of the molecule is CCNc1cccc(-c2occc2Br)n1. The summed E-state index contributed by atoms with van der Waals surface area (Å²) in [5, 5.41) is 3.16. The first kappa shape index (κ1) is 10.2. The van der Waals surface area contributed by atoms with Crippen LogP contribution in [0.1, 0.15) is 6.92 Å². The van der Waals surface area contributed by atoms with Gasteiger partial charge in [0, 0.05) is 6.54 Å².